The van der Waals surface area contributed by atoms with Crippen LogP contribution in [-0.4, -0.2) is 12.5 Å². The minimum atomic E-state index is 0.0533. The van der Waals surface area contributed by atoms with E-state index >= 15 is 0 Å². The van der Waals surface area contributed by atoms with Crippen LogP contribution in [0.25, 0.3) is 0 Å². The lowest BCUT2D eigenvalue weighted by molar-refractivity contribution is 0.0986. The molecule has 0 atom stereocenters. The van der Waals surface area contributed by atoms with Gasteiger partial charge in [-0.2, -0.15) is 0 Å². The fraction of sp³-hybridized carbons (Fsp3) is 0.235. The number of fused-ring (bicyclic) bond motifs is 1. The molecule has 21 heavy (non-hydrogen) atoms. The highest BCUT2D eigenvalue weighted by atomic mass is 79.9. The lowest BCUT2D eigenvalue weighted by Crippen LogP contribution is -2.32. The van der Waals surface area contributed by atoms with Crippen LogP contribution in [0.1, 0.15) is 28.8 Å². The third-order valence-electron chi connectivity index (χ3n) is 3.76. The summed E-state index contributed by atoms with van der Waals surface area (Å²) >= 11 is 6.93. The standard InChI is InChI=1S/C17H15Br2NO/c18-13-8-9-15(19)14(11-13)17(21)20-10-4-3-6-12-5-1-2-7-16(12)20/h1-2,5,7-9,11H,3-4,6,10H2. The number of hydrogen-bond donors (Lipinski definition) is 0. The topological polar surface area (TPSA) is 20.3 Å². The Kier molecular flexibility index (Phi) is 4.45. The van der Waals surface area contributed by atoms with E-state index in [-0.39, 0.29) is 5.91 Å². The minimum absolute atomic E-state index is 0.0533. The van der Waals surface area contributed by atoms with E-state index in [2.05, 4.69) is 37.9 Å². The van der Waals surface area contributed by atoms with Gasteiger partial charge in [0.1, 0.15) is 0 Å². The summed E-state index contributed by atoms with van der Waals surface area (Å²) in [5.74, 6) is 0.0533. The highest BCUT2D eigenvalue weighted by molar-refractivity contribution is 9.11. The van der Waals surface area contributed by atoms with Gasteiger partial charge < -0.3 is 4.90 Å². The quantitative estimate of drug-likeness (QED) is 0.635. The largest absolute Gasteiger partial charge is 0.308 e. The molecule has 0 unspecified atom stereocenters. The van der Waals surface area contributed by atoms with Gasteiger partial charge in [-0.05, 0) is 65.0 Å². The van der Waals surface area contributed by atoms with Gasteiger partial charge in [0, 0.05) is 21.2 Å². The molecule has 0 aromatic heterocycles. The zero-order chi connectivity index (χ0) is 14.8. The number of amides is 1. The van der Waals surface area contributed by atoms with E-state index in [9.17, 15) is 4.79 Å². The molecule has 2 aromatic rings. The van der Waals surface area contributed by atoms with Crippen molar-refractivity contribution in [2.75, 3.05) is 11.4 Å². The monoisotopic (exact) mass is 407 g/mol. The van der Waals surface area contributed by atoms with Gasteiger partial charge in [0.2, 0.25) is 0 Å². The zero-order valence-electron chi connectivity index (χ0n) is 11.5. The van der Waals surface area contributed by atoms with Crippen LogP contribution in [0, 0.1) is 0 Å². The second-order valence-corrected chi connectivity index (χ2v) is 6.94. The number of aryl methyl sites for hydroxylation is 1. The summed E-state index contributed by atoms with van der Waals surface area (Å²) < 4.78 is 1.74. The fourth-order valence-electron chi connectivity index (χ4n) is 2.71. The highest BCUT2D eigenvalue weighted by Crippen LogP contribution is 2.30. The smallest absolute Gasteiger partial charge is 0.259 e. The molecule has 2 nitrogen and oxygen atoms in total. The van der Waals surface area contributed by atoms with Gasteiger partial charge >= 0.3 is 0 Å². The Balaban J connectivity index is 2.03. The van der Waals surface area contributed by atoms with Crippen molar-refractivity contribution in [3.63, 3.8) is 0 Å². The molecule has 0 saturated heterocycles. The summed E-state index contributed by atoms with van der Waals surface area (Å²) in [6.07, 6.45) is 3.20. The van der Waals surface area contributed by atoms with Gasteiger partial charge in [-0.3, -0.25) is 4.79 Å². The Labute approximate surface area is 141 Å². The van der Waals surface area contributed by atoms with Crippen LogP contribution in [0.3, 0.4) is 0 Å². The Morgan fingerprint density at radius 2 is 1.86 bits per heavy atom. The SMILES string of the molecule is O=C(c1cc(Br)ccc1Br)N1CCCCc2ccccc21. The average Bonchev–Trinajstić information content (AvgIpc) is 2.71. The number of nitrogens with zero attached hydrogens (tertiary/aromatic N) is 1. The van der Waals surface area contributed by atoms with Crippen molar-refractivity contribution in [2.24, 2.45) is 0 Å². The van der Waals surface area contributed by atoms with Gasteiger partial charge in [0.05, 0.1) is 5.56 Å². The van der Waals surface area contributed by atoms with Crippen molar-refractivity contribution in [1.29, 1.82) is 0 Å². The molecular weight excluding hydrogens is 394 g/mol. The molecule has 4 heteroatoms. The van der Waals surface area contributed by atoms with E-state index < -0.39 is 0 Å². The average molecular weight is 409 g/mol. The van der Waals surface area contributed by atoms with E-state index in [1.807, 2.05) is 41.3 Å². The van der Waals surface area contributed by atoms with Crippen LogP contribution >= 0.6 is 31.9 Å². The number of halogens is 2. The molecule has 0 spiro atoms. The van der Waals surface area contributed by atoms with Gasteiger partial charge in [0.15, 0.2) is 0 Å². The van der Waals surface area contributed by atoms with Crippen molar-refractivity contribution >= 4 is 43.5 Å². The molecule has 1 aliphatic rings. The maximum atomic E-state index is 13.0. The van der Waals surface area contributed by atoms with Gasteiger partial charge in [-0.15, -0.1) is 0 Å². The third-order valence-corrected chi connectivity index (χ3v) is 4.95. The number of hydrogen-bond acceptors (Lipinski definition) is 1. The van der Waals surface area contributed by atoms with E-state index in [4.69, 9.17) is 0 Å². The zero-order valence-corrected chi connectivity index (χ0v) is 14.7. The molecule has 1 aliphatic heterocycles. The summed E-state index contributed by atoms with van der Waals surface area (Å²) in [4.78, 5) is 14.9. The van der Waals surface area contributed by atoms with E-state index in [0.29, 0.717) is 5.56 Å². The number of anilines is 1. The van der Waals surface area contributed by atoms with Crippen LogP contribution in [0.5, 0.6) is 0 Å². The summed E-state index contributed by atoms with van der Waals surface area (Å²) in [7, 11) is 0. The molecule has 3 rings (SSSR count). The minimum Gasteiger partial charge on any atom is -0.308 e. The van der Waals surface area contributed by atoms with Crippen molar-refractivity contribution < 1.29 is 4.79 Å². The maximum absolute atomic E-state index is 13.0. The molecule has 0 bridgehead atoms. The molecule has 0 radical (unpaired) electrons. The van der Waals surface area contributed by atoms with Crippen LogP contribution < -0.4 is 4.90 Å². The predicted molar refractivity (Wildman–Crippen MR) is 92.9 cm³/mol. The first-order valence-electron chi connectivity index (χ1n) is 7.01. The second-order valence-electron chi connectivity index (χ2n) is 5.17. The number of carbonyl (C=O) groups excluding carboxylic acids is 1. The first-order valence-corrected chi connectivity index (χ1v) is 8.60. The van der Waals surface area contributed by atoms with Crippen molar-refractivity contribution in [3.8, 4) is 0 Å². The van der Waals surface area contributed by atoms with E-state index in [1.54, 1.807) is 0 Å². The predicted octanol–water partition coefficient (Wildman–Crippen LogP) is 5.19. The third kappa shape index (κ3) is 3.06. The van der Waals surface area contributed by atoms with Gasteiger partial charge in [-0.1, -0.05) is 34.1 Å². The lowest BCUT2D eigenvalue weighted by Gasteiger charge is -2.23. The second kappa shape index (κ2) is 6.32. The number of carbonyl (C=O) groups is 1. The normalized spacial score (nSPS) is 14.5. The molecule has 108 valence electrons. The first kappa shape index (κ1) is 14.8. The molecule has 0 aliphatic carbocycles. The summed E-state index contributed by atoms with van der Waals surface area (Å²) in [5, 5.41) is 0. The summed E-state index contributed by atoms with van der Waals surface area (Å²) in [5.41, 5.74) is 3.00. The Hall–Kier alpha value is -1.13. The van der Waals surface area contributed by atoms with E-state index in [0.717, 1.165) is 40.4 Å². The number of benzene rings is 2. The Bertz CT molecular complexity index is 684. The molecular formula is C17H15Br2NO. The van der Waals surface area contributed by atoms with Crippen LogP contribution in [0.2, 0.25) is 0 Å². The molecule has 0 fully saturated rings. The van der Waals surface area contributed by atoms with Crippen LogP contribution in [-0.2, 0) is 6.42 Å². The number of para-hydroxylation sites is 1. The van der Waals surface area contributed by atoms with Crippen LogP contribution in [0.4, 0.5) is 5.69 Å². The lowest BCUT2D eigenvalue weighted by atomic mass is 10.1. The molecule has 1 heterocycles. The number of rotatable bonds is 1. The van der Waals surface area contributed by atoms with E-state index in [1.165, 1.54) is 5.56 Å². The first-order chi connectivity index (χ1) is 10.2. The summed E-state index contributed by atoms with van der Waals surface area (Å²) in [6.45, 7) is 0.773. The molecule has 2 aromatic carbocycles. The van der Waals surface area contributed by atoms with Gasteiger partial charge in [-0.25, -0.2) is 0 Å². The maximum Gasteiger partial charge on any atom is 0.259 e. The van der Waals surface area contributed by atoms with Crippen molar-refractivity contribution in [3.05, 3.63) is 62.5 Å². The van der Waals surface area contributed by atoms with Crippen molar-refractivity contribution in [1.82, 2.24) is 0 Å². The molecule has 0 saturated carbocycles. The Morgan fingerprint density at radius 1 is 1.05 bits per heavy atom. The molecule has 1 amide bonds. The Morgan fingerprint density at radius 3 is 2.71 bits per heavy atom. The van der Waals surface area contributed by atoms with Crippen molar-refractivity contribution in [2.45, 2.75) is 19.3 Å². The summed E-state index contributed by atoms with van der Waals surface area (Å²) in [6, 6.07) is 13.9. The highest BCUT2D eigenvalue weighted by Gasteiger charge is 2.23. The fourth-order valence-corrected chi connectivity index (χ4v) is 3.49. The van der Waals surface area contributed by atoms with Crippen LogP contribution in [0.15, 0.2) is 51.4 Å². The molecule has 0 N–H and O–H groups in total. The van der Waals surface area contributed by atoms with Gasteiger partial charge in [0.25, 0.3) is 5.91 Å².